The third-order valence-electron chi connectivity index (χ3n) is 2.83. The Morgan fingerprint density at radius 3 is 3.22 bits per heavy atom. The maximum Gasteiger partial charge on any atom is 0.171 e. The number of aldehydes is 1. The molecule has 1 aliphatic rings. The van der Waals surface area contributed by atoms with Gasteiger partial charge in [-0.15, -0.1) is 5.10 Å². The van der Waals surface area contributed by atoms with E-state index in [1.54, 1.807) is 10.9 Å². The topological polar surface area (TPSA) is 57.0 Å². The number of benzene rings is 1. The molecule has 1 unspecified atom stereocenters. The second kappa shape index (κ2) is 4.42. The average molecular weight is 264 g/mol. The Bertz CT molecular complexity index is 597. The van der Waals surface area contributed by atoms with Crippen molar-refractivity contribution in [1.29, 1.82) is 0 Å². The molecule has 0 spiro atoms. The van der Waals surface area contributed by atoms with Gasteiger partial charge in [-0.3, -0.25) is 4.79 Å². The predicted octanol–water partition coefficient (Wildman–Crippen LogP) is 1.75. The van der Waals surface area contributed by atoms with Gasteiger partial charge in [-0.25, -0.2) is 4.68 Å². The first-order valence-corrected chi connectivity index (χ1v) is 5.93. The van der Waals surface area contributed by atoms with Crippen molar-refractivity contribution in [2.24, 2.45) is 0 Å². The minimum Gasteiger partial charge on any atom is -0.488 e. The molecule has 0 radical (unpaired) electrons. The SMILES string of the molecule is O=Cc1cn(CC2Cc3cc(Cl)ccc3O2)nn1. The van der Waals surface area contributed by atoms with E-state index < -0.39 is 0 Å². The predicted molar refractivity (Wildman–Crippen MR) is 65.0 cm³/mol. The van der Waals surface area contributed by atoms with Gasteiger partial charge in [-0.05, 0) is 23.8 Å². The number of hydrogen-bond acceptors (Lipinski definition) is 4. The van der Waals surface area contributed by atoms with Crippen molar-refractivity contribution in [3.8, 4) is 5.75 Å². The molecule has 18 heavy (non-hydrogen) atoms. The summed E-state index contributed by atoms with van der Waals surface area (Å²) in [7, 11) is 0. The first-order chi connectivity index (χ1) is 8.74. The van der Waals surface area contributed by atoms with Gasteiger partial charge in [0.25, 0.3) is 0 Å². The van der Waals surface area contributed by atoms with E-state index in [1.165, 1.54) is 0 Å². The van der Waals surface area contributed by atoms with Crippen molar-refractivity contribution in [2.75, 3.05) is 0 Å². The summed E-state index contributed by atoms with van der Waals surface area (Å²) in [6, 6.07) is 5.59. The molecule has 0 bridgehead atoms. The van der Waals surface area contributed by atoms with E-state index >= 15 is 0 Å². The average Bonchev–Trinajstić information content (AvgIpc) is 2.95. The van der Waals surface area contributed by atoms with Gasteiger partial charge in [0, 0.05) is 11.4 Å². The van der Waals surface area contributed by atoms with Crippen LogP contribution < -0.4 is 4.74 Å². The number of ether oxygens (including phenoxy) is 1. The summed E-state index contributed by atoms with van der Waals surface area (Å²) in [5.74, 6) is 0.861. The molecular formula is C12H10ClN3O2. The monoisotopic (exact) mass is 263 g/mol. The smallest absolute Gasteiger partial charge is 0.171 e. The van der Waals surface area contributed by atoms with Gasteiger partial charge in [-0.2, -0.15) is 0 Å². The summed E-state index contributed by atoms with van der Waals surface area (Å²) in [5.41, 5.74) is 1.43. The van der Waals surface area contributed by atoms with Gasteiger partial charge in [0.15, 0.2) is 6.29 Å². The summed E-state index contributed by atoms with van der Waals surface area (Å²) in [6.45, 7) is 0.563. The molecule has 1 aromatic carbocycles. The number of carbonyl (C=O) groups is 1. The number of aromatic nitrogens is 3. The molecule has 6 heteroatoms. The second-order valence-corrected chi connectivity index (χ2v) is 4.62. The van der Waals surface area contributed by atoms with Crippen molar-refractivity contribution < 1.29 is 9.53 Å². The van der Waals surface area contributed by atoms with Gasteiger partial charge in [-0.1, -0.05) is 16.8 Å². The molecule has 2 aromatic rings. The fraction of sp³-hybridized carbons (Fsp3) is 0.250. The van der Waals surface area contributed by atoms with E-state index in [2.05, 4.69) is 10.3 Å². The molecule has 3 rings (SSSR count). The molecule has 2 heterocycles. The zero-order chi connectivity index (χ0) is 12.5. The van der Waals surface area contributed by atoms with E-state index in [9.17, 15) is 4.79 Å². The second-order valence-electron chi connectivity index (χ2n) is 4.18. The highest BCUT2D eigenvalue weighted by Crippen LogP contribution is 2.31. The fourth-order valence-corrected chi connectivity index (χ4v) is 2.25. The van der Waals surface area contributed by atoms with E-state index in [-0.39, 0.29) is 6.10 Å². The Morgan fingerprint density at radius 2 is 2.44 bits per heavy atom. The molecule has 0 saturated carbocycles. The Morgan fingerprint density at radius 1 is 1.56 bits per heavy atom. The molecule has 1 aromatic heterocycles. The number of carbonyl (C=O) groups excluding carboxylic acids is 1. The van der Waals surface area contributed by atoms with Gasteiger partial charge < -0.3 is 4.74 Å². The van der Waals surface area contributed by atoms with Crippen LogP contribution in [0.3, 0.4) is 0 Å². The van der Waals surface area contributed by atoms with Gasteiger partial charge in [0.05, 0.1) is 12.7 Å². The summed E-state index contributed by atoms with van der Waals surface area (Å²) in [5, 5.41) is 8.28. The molecule has 0 saturated heterocycles. The van der Waals surface area contributed by atoms with Crippen molar-refractivity contribution in [3.63, 3.8) is 0 Å². The highest BCUT2D eigenvalue weighted by molar-refractivity contribution is 6.30. The molecule has 5 nitrogen and oxygen atoms in total. The minimum atomic E-state index is -0.000307. The standard InChI is InChI=1S/C12H10ClN3O2/c13-9-1-2-12-8(3-9)4-11(18-12)6-16-5-10(7-17)14-15-16/h1-3,5,7,11H,4,6H2. The first-order valence-electron chi connectivity index (χ1n) is 5.55. The lowest BCUT2D eigenvalue weighted by atomic mass is 10.1. The van der Waals surface area contributed by atoms with E-state index in [1.807, 2.05) is 18.2 Å². The van der Waals surface area contributed by atoms with E-state index in [0.29, 0.717) is 23.5 Å². The summed E-state index contributed by atoms with van der Waals surface area (Å²) >= 11 is 5.93. The van der Waals surface area contributed by atoms with Crippen LogP contribution in [0.5, 0.6) is 5.75 Å². The Labute approximate surface area is 108 Å². The normalized spacial score (nSPS) is 17.3. The van der Waals surface area contributed by atoms with Gasteiger partial charge in [0.2, 0.25) is 0 Å². The van der Waals surface area contributed by atoms with Crippen molar-refractivity contribution in [1.82, 2.24) is 15.0 Å². The maximum absolute atomic E-state index is 10.5. The first kappa shape index (κ1) is 11.2. The molecule has 1 atom stereocenters. The molecule has 0 fully saturated rings. The van der Waals surface area contributed by atoms with Gasteiger partial charge >= 0.3 is 0 Å². The zero-order valence-corrected chi connectivity index (χ0v) is 10.2. The highest BCUT2D eigenvalue weighted by atomic mass is 35.5. The largest absolute Gasteiger partial charge is 0.488 e. The van der Waals surface area contributed by atoms with Crippen molar-refractivity contribution >= 4 is 17.9 Å². The Balaban J connectivity index is 1.72. The number of halogens is 1. The Kier molecular flexibility index (Phi) is 2.76. The molecule has 0 aliphatic carbocycles. The van der Waals surface area contributed by atoms with Crippen LogP contribution in [-0.4, -0.2) is 27.4 Å². The summed E-state index contributed by atoms with van der Waals surface area (Å²) < 4.78 is 7.39. The van der Waals surface area contributed by atoms with Crippen LogP contribution in [0.2, 0.25) is 5.02 Å². The molecule has 1 aliphatic heterocycles. The van der Waals surface area contributed by atoms with Crippen LogP contribution in [0.4, 0.5) is 0 Å². The molecule has 92 valence electrons. The van der Waals surface area contributed by atoms with E-state index in [4.69, 9.17) is 16.3 Å². The lowest BCUT2D eigenvalue weighted by Gasteiger charge is -2.09. The number of fused-ring (bicyclic) bond motifs is 1. The van der Waals surface area contributed by atoms with Crippen LogP contribution in [0.15, 0.2) is 24.4 Å². The van der Waals surface area contributed by atoms with Crippen molar-refractivity contribution in [3.05, 3.63) is 40.7 Å². The Hall–Kier alpha value is -1.88. The van der Waals surface area contributed by atoms with Crippen LogP contribution in [0.1, 0.15) is 16.1 Å². The van der Waals surface area contributed by atoms with Crippen molar-refractivity contribution in [2.45, 2.75) is 19.1 Å². The minimum absolute atomic E-state index is 0.000307. The van der Waals surface area contributed by atoms with Crippen LogP contribution >= 0.6 is 11.6 Å². The van der Waals surface area contributed by atoms with Crippen LogP contribution in [-0.2, 0) is 13.0 Å². The maximum atomic E-state index is 10.5. The van der Waals surface area contributed by atoms with E-state index in [0.717, 1.165) is 17.7 Å². The summed E-state index contributed by atoms with van der Waals surface area (Å²) in [6.07, 6.45) is 3.06. The van der Waals surface area contributed by atoms with Gasteiger partial charge in [0.1, 0.15) is 17.5 Å². The molecular weight excluding hydrogens is 254 g/mol. The lowest BCUT2D eigenvalue weighted by Crippen LogP contribution is -2.21. The van der Waals surface area contributed by atoms with Crippen LogP contribution in [0, 0.1) is 0 Å². The van der Waals surface area contributed by atoms with Crippen LogP contribution in [0.25, 0.3) is 0 Å². The number of nitrogens with zero attached hydrogens (tertiary/aromatic N) is 3. The zero-order valence-electron chi connectivity index (χ0n) is 9.41. The molecule has 0 amide bonds. The third-order valence-corrected chi connectivity index (χ3v) is 3.07. The molecule has 0 N–H and O–H groups in total. The number of rotatable bonds is 3. The summed E-state index contributed by atoms with van der Waals surface area (Å²) in [4.78, 5) is 10.5. The highest BCUT2D eigenvalue weighted by Gasteiger charge is 2.23. The quantitative estimate of drug-likeness (QED) is 0.792. The number of hydrogen-bond donors (Lipinski definition) is 0. The third kappa shape index (κ3) is 2.09. The lowest BCUT2D eigenvalue weighted by molar-refractivity contribution is 0.111. The fourth-order valence-electron chi connectivity index (χ4n) is 2.06.